The van der Waals surface area contributed by atoms with Crippen LogP contribution in [0.1, 0.15) is 12.5 Å². The first-order valence-corrected chi connectivity index (χ1v) is 8.82. The highest BCUT2D eigenvalue weighted by atomic mass is 16.2. The monoisotopic (exact) mass is 374 g/mol. The van der Waals surface area contributed by atoms with Gasteiger partial charge < -0.3 is 10.6 Å². The Bertz CT molecular complexity index is 1080. The number of carbonyl (C=O) groups excluding carboxylic acids is 3. The van der Waals surface area contributed by atoms with Crippen LogP contribution in [0.3, 0.4) is 0 Å². The van der Waals surface area contributed by atoms with Gasteiger partial charge in [-0.25, -0.2) is 4.79 Å². The largest absolute Gasteiger partial charge is 0.325 e. The van der Waals surface area contributed by atoms with Gasteiger partial charge in [0.05, 0.1) is 11.2 Å². The van der Waals surface area contributed by atoms with E-state index in [0.717, 1.165) is 10.3 Å². The first kappa shape index (κ1) is 17.7. The zero-order chi connectivity index (χ0) is 19.7. The molecule has 28 heavy (non-hydrogen) atoms. The fraction of sp³-hybridized carbons (Fsp3) is 0.143. The van der Waals surface area contributed by atoms with Gasteiger partial charge in [0.25, 0.3) is 5.91 Å². The number of aromatic nitrogens is 1. The van der Waals surface area contributed by atoms with Crippen LogP contribution in [0.4, 0.5) is 10.5 Å². The first-order valence-electron chi connectivity index (χ1n) is 8.82. The second kappa shape index (κ2) is 6.77. The zero-order valence-electron chi connectivity index (χ0n) is 15.2. The van der Waals surface area contributed by atoms with Crippen molar-refractivity contribution in [2.75, 3.05) is 11.9 Å². The lowest BCUT2D eigenvalue weighted by molar-refractivity contribution is -0.133. The van der Waals surface area contributed by atoms with E-state index >= 15 is 0 Å². The predicted octanol–water partition coefficient (Wildman–Crippen LogP) is 2.64. The number of carbonyl (C=O) groups is 3. The molecule has 1 aliphatic heterocycles. The van der Waals surface area contributed by atoms with Crippen molar-refractivity contribution in [3.8, 4) is 0 Å². The molecule has 3 aromatic rings. The molecular weight excluding hydrogens is 356 g/mol. The van der Waals surface area contributed by atoms with Crippen LogP contribution in [-0.4, -0.2) is 34.3 Å². The molecule has 0 unspecified atom stereocenters. The molecule has 0 aliphatic carbocycles. The van der Waals surface area contributed by atoms with Crippen LogP contribution < -0.4 is 10.6 Å². The van der Waals surface area contributed by atoms with E-state index in [1.54, 1.807) is 49.5 Å². The summed E-state index contributed by atoms with van der Waals surface area (Å²) in [6, 6.07) is 17.5. The van der Waals surface area contributed by atoms with Crippen molar-refractivity contribution in [1.82, 2.24) is 15.2 Å². The number of amides is 4. The number of fused-ring (bicyclic) bond motifs is 1. The summed E-state index contributed by atoms with van der Waals surface area (Å²) in [6.45, 7) is 1.26. The number of benzene rings is 2. The van der Waals surface area contributed by atoms with E-state index in [4.69, 9.17) is 0 Å². The van der Waals surface area contributed by atoms with Gasteiger partial charge in [0.2, 0.25) is 5.91 Å². The van der Waals surface area contributed by atoms with Crippen molar-refractivity contribution in [3.63, 3.8) is 0 Å². The topological polar surface area (TPSA) is 91.4 Å². The smallest absolute Gasteiger partial charge is 0.323 e. The number of para-hydroxylation sites is 1. The molecule has 0 saturated carbocycles. The summed E-state index contributed by atoms with van der Waals surface area (Å²) in [7, 11) is 0. The lowest BCUT2D eigenvalue weighted by Gasteiger charge is -2.22. The van der Waals surface area contributed by atoms with Crippen LogP contribution in [0.15, 0.2) is 66.9 Å². The molecule has 1 fully saturated rings. The molecule has 0 radical (unpaired) electrons. The van der Waals surface area contributed by atoms with Crippen LogP contribution in [0.25, 0.3) is 10.9 Å². The van der Waals surface area contributed by atoms with Crippen molar-refractivity contribution >= 4 is 34.4 Å². The van der Waals surface area contributed by atoms with Gasteiger partial charge in [-0.1, -0.05) is 48.5 Å². The number of imide groups is 1. The zero-order valence-corrected chi connectivity index (χ0v) is 15.2. The summed E-state index contributed by atoms with van der Waals surface area (Å²) in [5, 5.41) is 6.32. The van der Waals surface area contributed by atoms with Gasteiger partial charge in [-0.2, -0.15) is 0 Å². The summed E-state index contributed by atoms with van der Waals surface area (Å²) in [5.41, 5.74) is 0.639. The Morgan fingerprint density at radius 3 is 2.61 bits per heavy atom. The van der Waals surface area contributed by atoms with Crippen LogP contribution in [0.5, 0.6) is 0 Å². The molecule has 2 heterocycles. The Balaban J connectivity index is 1.53. The molecule has 1 aliphatic rings. The average molecular weight is 374 g/mol. The lowest BCUT2D eigenvalue weighted by Crippen LogP contribution is -2.42. The molecule has 140 valence electrons. The van der Waals surface area contributed by atoms with Crippen LogP contribution >= 0.6 is 0 Å². The lowest BCUT2D eigenvalue weighted by atomic mass is 9.92. The fourth-order valence-corrected chi connectivity index (χ4v) is 3.35. The molecule has 7 nitrogen and oxygen atoms in total. The van der Waals surface area contributed by atoms with Gasteiger partial charge in [0.15, 0.2) is 0 Å². The average Bonchev–Trinajstić information content (AvgIpc) is 2.93. The Morgan fingerprint density at radius 2 is 1.82 bits per heavy atom. The van der Waals surface area contributed by atoms with Crippen LogP contribution in [0.2, 0.25) is 0 Å². The highest BCUT2D eigenvalue weighted by Gasteiger charge is 2.49. The quantitative estimate of drug-likeness (QED) is 0.687. The third-order valence-electron chi connectivity index (χ3n) is 4.83. The number of nitrogens with zero attached hydrogens (tertiary/aromatic N) is 2. The third-order valence-corrected chi connectivity index (χ3v) is 4.83. The molecule has 1 aromatic heterocycles. The van der Waals surface area contributed by atoms with Gasteiger partial charge >= 0.3 is 6.03 Å². The maximum Gasteiger partial charge on any atom is 0.325 e. The van der Waals surface area contributed by atoms with Crippen molar-refractivity contribution in [2.45, 2.75) is 12.5 Å². The van der Waals surface area contributed by atoms with E-state index in [2.05, 4.69) is 15.6 Å². The van der Waals surface area contributed by atoms with Crippen molar-refractivity contribution in [3.05, 3.63) is 72.4 Å². The van der Waals surface area contributed by atoms with Crippen LogP contribution in [0, 0.1) is 0 Å². The third kappa shape index (κ3) is 2.96. The second-order valence-corrected chi connectivity index (χ2v) is 6.74. The molecule has 2 N–H and O–H groups in total. The molecular formula is C21H18N4O3. The van der Waals surface area contributed by atoms with E-state index in [9.17, 15) is 14.4 Å². The number of anilines is 1. The van der Waals surface area contributed by atoms with Crippen molar-refractivity contribution < 1.29 is 14.4 Å². The van der Waals surface area contributed by atoms with E-state index < -0.39 is 23.4 Å². The Kier molecular flexibility index (Phi) is 4.27. The minimum atomic E-state index is -1.19. The van der Waals surface area contributed by atoms with Gasteiger partial charge in [-0.05, 0) is 24.6 Å². The second-order valence-electron chi connectivity index (χ2n) is 6.74. The number of pyridine rings is 1. The SMILES string of the molecule is C[C@]1(c2ccccc2)NC(=O)N(CC(=O)Nc2cccc3cccnc23)C1=O. The predicted molar refractivity (Wildman–Crippen MR) is 104 cm³/mol. The Morgan fingerprint density at radius 1 is 1.07 bits per heavy atom. The van der Waals surface area contributed by atoms with Crippen molar-refractivity contribution in [1.29, 1.82) is 0 Å². The number of rotatable bonds is 4. The minimum Gasteiger partial charge on any atom is -0.323 e. The molecule has 4 rings (SSSR count). The highest BCUT2D eigenvalue weighted by molar-refractivity contribution is 6.11. The molecule has 7 heteroatoms. The molecule has 0 bridgehead atoms. The van der Waals surface area contributed by atoms with E-state index in [-0.39, 0.29) is 6.54 Å². The summed E-state index contributed by atoms with van der Waals surface area (Å²) >= 11 is 0. The summed E-state index contributed by atoms with van der Waals surface area (Å²) in [5.74, 6) is -0.936. The molecule has 4 amide bonds. The number of hydrogen-bond acceptors (Lipinski definition) is 4. The molecule has 2 aromatic carbocycles. The maximum absolute atomic E-state index is 12.9. The van der Waals surface area contributed by atoms with Gasteiger partial charge in [0, 0.05) is 11.6 Å². The van der Waals surface area contributed by atoms with E-state index in [0.29, 0.717) is 16.8 Å². The molecule has 0 spiro atoms. The number of nitrogens with one attached hydrogen (secondary N) is 2. The summed E-state index contributed by atoms with van der Waals surface area (Å²) < 4.78 is 0. The number of hydrogen-bond donors (Lipinski definition) is 2. The molecule has 1 atom stereocenters. The van der Waals surface area contributed by atoms with Crippen molar-refractivity contribution in [2.24, 2.45) is 0 Å². The van der Waals surface area contributed by atoms with E-state index in [1.165, 1.54) is 0 Å². The molecule has 1 saturated heterocycles. The summed E-state index contributed by atoms with van der Waals surface area (Å²) in [6.07, 6.45) is 1.64. The standard InChI is InChI=1S/C21H18N4O3/c1-21(15-9-3-2-4-10-15)19(27)25(20(28)24-21)13-17(26)23-16-11-5-7-14-8-6-12-22-18(14)16/h2-12H,13H2,1H3,(H,23,26)(H,24,28)/t21-/m1/s1. The Labute approximate surface area is 161 Å². The first-order chi connectivity index (χ1) is 13.5. The fourth-order valence-electron chi connectivity index (χ4n) is 3.35. The highest BCUT2D eigenvalue weighted by Crippen LogP contribution is 2.28. The summed E-state index contributed by atoms with van der Waals surface area (Å²) in [4.78, 5) is 43.0. The maximum atomic E-state index is 12.9. The Hall–Kier alpha value is -3.74. The van der Waals surface area contributed by atoms with Gasteiger partial charge in [-0.15, -0.1) is 0 Å². The normalized spacial score (nSPS) is 19.0. The van der Waals surface area contributed by atoms with E-state index in [1.807, 2.05) is 24.3 Å². The number of urea groups is 1. The minimum absolute atomic E-state index is 0.379. The van der Waals surface area contributed by atoms with Crippen LogP contribution in [-0.2, 0) is 15.1 Å². The van der Waals surface area contributed by atoms with Gasteiger partial charge in [0.1, 0.15) is 12.1 Å². The van der Waals surface area contributed by atoms with Gasteiger partial charge in [-0.3, -0.25) is 19.5 Å².